The van der Waals surface area contributed by atoms with Gasteiger partial charge in [0.15, 0.2) is 5.82 Å². The minimum Gasteiger partial charge on any atom is -0.408 e. The van der Waals surface area contributed by atoms with Crippen LogP contribution in [-0.4, -0.2) is 51.0 Å². The first-order chi connectivity index (χ1) is 18.9. The highest BCUT2D eigenvalue weighted by molar-refractivity contribution is 5.95. The third kappa shape index (κ3) is 4.88. The van der Waals surface area contributed by atoms with Crippen molar-refractivity contribution in [3.63, 3.8) is 0 Å². The van der Waals surface area contributed by atoms with Crippen molar-refractivity contribution >= 4 is 23.0 Å². The van der Waals surface area contributed by atoms with Crippen molar-refractivity contribution in [3.8, 4) is 0 Å². The molecule has 39 heavy (non-hydrogen) atoms. The molecular formula is C27H32FN7O4. The Morgan fingerprint density at radius 1 is 1.21 bits per heavy atom. The van der Waals surface area contributed by atoms with E-state index in [4.69, 9.17) is 18.7 Å². The number of carbonyl (C=O) groups is 1. The van der Waals surface area contributed by atoms with Crippen LogP contribution in [0.15, 0.2) is 27.3 Å². The predicted molar refractivity (Wildman–Crippen MR) is 139 cm³/mol. The van der Waals surface area contributed by atoms with E-state index in [1.54, 1.807) is 19.9 Å². The summed E-state index contributed by atoms with van der Waals surface area (Å²) in [4.78, 5) is 23.1. The Morgan fingerprint density at radius 3 is 2.74 bits per heavy atom. The van der Waals surface area contributed by atoms with E-state index in [2.05, 4.69) is 32.6 Å². The van der Waals surface area contributed by atoms with Crippen molar-refractivity contribution in [2.75, 3.05) is 24.7 Å². The number of anilines is 1. The average Bonchev–Trinajstić information content (AvgIpc) is 3.68. The molecule has 3 aromatic heterocycles. The lowest BCUT2D eigenvalue weighted by Gasteiger charge is -2.34. The third-order valence-electron chi connectivity index (χ3n) is 8.00. The highest BCUT2D eigenvalue weighted by Gasteiger charge is 2.34. The lowest BCUT2D eigenvalue weighted by molar-refractivity contribution is 0.0900. The van der Waals surface area contributed by atoms with Gasteiger partial charge in [0.2, 0.25) is 5.89 Å². The monoisotopic (exact) mass is 537 g/mol. The number of imidazole rings is 1. The summed E-state index contributed by atoms with van der Waals surface area (Å²) in [7, 11) is 0. The summed E-state index contributed by atoms with van der Waals surface area (Å²) in [6, 6.07) is 3.04. The van der Waals surface area contributed by atoms with Gasteiger partial charge in [-0.3, -0.25) is 4.79 Å². The fraction of sp³-hybridized carbons (Fsp3) is 0.519. The summed E-state index contributed by atoms with van der Waals surface area (Å²) in [6.45, 7) is 6.93. The smallest absolute Gasteiger partial charge is 0.318 e. The number of fused-ring (bicyclic) bond motifs is 1. The molecule has 12 heteroatoms. The lowest BCUT2D eigenvalue weighted by Crippen LogP contribution is -2.40. The average molecular weight is 538 g/mol. The largest absolute Gasteiger partial charge is 0.408 e. The Kier molecular flexibility index (Phi) is 6.79. The maximum atomic E-state index is 16.1. The predicted octanol–water partition coefficient (Wildman–Crippen LogP) is 4.57. The normalized spacial score (nSPS) is 22.8. The van der Waals surface area contributed by atoms with Crippen LogP contribution in [0, 0.1) is 31.5 Å². The number of nitrogens with one attached hydrogen (secondary N) is 2. The van der Waals surface area contributed by atoms with Crippen LogP contribution < -0.4 is 10.2 Å². The van der Waals surface area contributed by atoms with Crippen molar-refractivity contribution in [2.24, 2.45) is 11.8 Å². The van der Waals surface area contributed by atoms with Crippen molar-refractivity contribution in [2.45, 2.75) is 58.5 Å². The summed E-state index contributed by atoms with van der Waals surface area (Å²) in [5.74, 6) is 1.04. The van der Waals surface area contributed by atoms with Crippen LogP contribution in [0.25, 0.3) is 11.0 Å². The van der Waals surface area contributed by atoms with Crippen molar-refractivity contribution < 1.29 is 22.9 Å². The lowest BCUT2D eigenvalue weighted by atomic mass is 9.79. The fourth-order valence-electron chi connectivity index (χ4n) is 5.73. The zero-order valence-corrected chi connectivity index (χ0v) is 22.2. The second-order valence-electron chi connectivity index (χ2n) is 10.7. The molecule has 2 aliphatic rings. The number of halogens is 1. The molecule has 0 radical (unpaired) electrons. The van der Waals surface area contributed by atoms with E-state index in [9.17, 15) is 4.79 Å². The van der Waals surface area contributed by atoms with Crippen molar-refractivity contribution in [1.82, 2.24) is 30.6 Å². The number of aromatic amines is 1. The number of aryl methyl sites for hydroxylation is 2. The van der Waals surface area contributed by atoms with E-state index < -0.39 is 17.9 Å². The molecule has 0 spiro atoms. The standard InChI is InChI=1S/C27H32FN7O4/c1-14-4-6-17(7-5-14)23(31-26(36)19-12-38-34-15(19)2)25-29-20-9-8-18(22(28)24(20)30-25)21-13-37-11-10-35(21)27-33-32-16(3)39-27/h8-9,12,14,17,21,23H,4-7,10-11,13H2,1-3H3,(H,29,30)(H,31,36)/t14-,17-,21?,23-/m0/s1. The van der Waals surface area contributed by atoms with E-state index in [1.807, 2.05) is 11.0 Å². The van der Waals surface area contributed by atoms with Crippen molar-refractivity contribution in [3.05, 3.63) is 52.7 Å². The van der Waals surface area contributed by atoms with Crippen LogP contribution in [0.4, 0.5) is 10.4 Å². The molecule has 4 aromatic rings. The van der Waals surface area contributed by atoms with E-state index in [-0.39, 0.29) is 23.9 Å². The maximum absolute atomic E-state index is 16.1. The molecule has 1 saturated carbocycles. The number of rotatable bonds is 6. The number of morpholine rings is 1. The van der Waals surface area contributed by atoms with Gasteiger partial charge in [-0.25, -0.2) is 9.37 Å². The topological polar surface area (TPSA) is 135 Å². The Bertz CT molecular complexity index is 1470. The number of ether oxygens (including phenoxy) is 1. The molecule has 2 fully saturated rings. The van der Waals surface area contributed by atoms with Crippen LogP contribution in [-0.2, 0) is 4.74 Å². The zero-order valence-electron chi connectivity index (χ0n) is 22.2. The van der Waals surface area contributed by atoms with Crippen LogP contribution >= 0.6 is 0 Å². The molecule has 1 unspecified atom stereocenters. The molecule has 11 nitrogen and oxygen atoms in total. The second-order valence-corrected chi connectivity index (χ2v) is 10.7. The Morgan fingerprint density at radius 2 is 2.03 bits per heavy atom. The molecule has 1 aliphatic carbocycles. The summed E-state index contributed by atoms with van der Waals surface area (Å²) in [6.07, 6.45) is 5.36. The molecule has 1 aromatic carbocycles. The van der Waals surface area contributed by atoms with Crippen LogP contribution in [0.1, 0.15) is 78.0 Å². The Hall–Kier alpha value is -3.80. The molecule has 2 N–H and O–H groups in total. The molecular weight excluding hydrogens is 505 g/mol. The first-order valence-electron chi connectivity index (χ1n) is 13.4. The molecule has 1 amide bonds. The van der Waals surface area contributed by atoms with Gasteiger partial charge in [-0.1, -0.05) is 36.1 Å². The van der Waals surface area contributed by atoms with Crippen LogP contribution in [0.5, 0.6) is 0 Å². The summed E-state index contributed by atoms with van der Waals surface area (Å²) < 4.78 is 32.4. The number of amides is 1. The zero-order chi connectivity index (χ0) is 27.1. The minimum atomic E-state index is -0.449. The van der Waals surface area contributed by atoms with Gasteiger partial charge in [0.05, 0.1) is 36.5 Å². The van der Waals surface area contributed by atoms with Gasteiger partial charge in [0.1, 0.15) is 23.2 Å². The number of benzene rings is 1. The van der Waals surface area contributed by atoms with E-state index in [0.717, 1.165) is 25.7 Å². The van der Waals surface area contributed by atoms with Gasteiger partial charge < -0.3 is 28.9 Å². The van der Waals surface area contributed by atoms with E-state index in [1.165, 1.54) is 6.26 Å². The first-order valence-corrected chi connectivity index (χ1v) is 13.4. The molecule has 4 heterocycles. The summed E-state index contributed by atoms with van der Waals surface area (Å²) >= 11 is 0. The number of carbonyl (C=O) groups excluding carboxylic acids is 1. The minimum absolute atomic E-state index is 0.163. The third-order valence-corrected chi connectivity index (χ3v) is 8.00. The highest BCUT2D eigenvalue weighted by atomic mass is 19.1. The maximum Gasteiger partial charge on any atom is 0.318 e. The van der Waals surface area contributed by atoms with Gasteiger partial charge in [-0.05, 0) is 37.7 Å². The van der Waals surface area contributed by atoms with Gasteiger partial charge >= 0.3 is 6.01 Å². The molecule has 1 aliphatic heterocycles. The molecule has 206 valence electrons. The molecule has 6 rings (SSSR count). The fourth-order valence-corrected chi connectivity index (χ4v) is 5.73. The summed E-state index contributed by atoms with van der Waals surface area (Å²) in [5.41, 5.74) is 2.11. The Labute approximate surface area is 224 Å². The second kappa shape index (κ2) is 10.4. The number of hydrogen-bond donors (Lipinski definition) is 2. The molecule has 2 atom stereocenters. The highest BCUT2D eigenvalue weighted by Crippen LogP contribution is 2.38. The SMILES string of the molecule is Cc1nnc(N2CCOCC2c2ccc3[nH]c([C@@H](NC(=O)c4conc4C)[C@H]4CC[C@H](C)CC4)nc3c2F)o1. The van der Waals surface area contributed by atoms with E-state index in [0.29, 0.717) is 59.1 Å². The first kappa shape index (κ1) is 25.5. The number of H-pyrrole nitrogens is 1. The van der Waals surface area contributed by atoms with E-state index >= 15 is 4.39 Å². The number of hydrogen-bond acceptors (Lipinski definition) is 9. The van der Waals surface area contributed by atoms with Crippen molar-refractivity contribution in [1.29, 1.82) is 0 Å². The van der Waals surface area contributed by atoms with Crippen LogP contribution in [0.3, 0.4) is 0 Å². The number of nitrogens with zero attached hydrogens (tertiary/aromatic N) is 5. The van der Waals surface area contributed by atoms with Gasteiger partial charge in [0.25, 0.3) is 5.91 Å². The van der Waals surface area contributed by atoms with Gasteiger partial charge in [-0.15, -0.1) is 5.10 Å². The molecule has 0 bridgehead atoms. The summed E-state index contributed by atoms with van der Waals surface area (Å²) in [5, 5.41) is 15.0. The Balaban J connectivity index is 1.35. The number of aromatic nitrogens is 5. The van der Waals surface area contributed by atoms with Gasteiger partial charge in [-0.2, -0.15) is 0 Å². The van der Waals surface area contributed by atoms with Gasteiger partial charge in [0, 0.05) is 19.0 Å². The quantitative estimate of drug-likeness (QED) is 0.363. The van der Waals surface area contributed by atoms with Crippen LogP contribution in [0.2, 0.25) is 0 Å². The molecule has 1 saturated heterocycles.